The first-order valence-electron chi connectivity index (χ1n) is 8.44. The van der Waals surface area contributed by atoms with Gasteiger partial charge < -0.3 is 10.6 Å². The standard InChI is InChI=1S/C17H28N4/c18-15-11-17(19)21(13-15)16-7-5-14(6-8-16)12-20-9-3-1-2-4-10-20/h5,7,15,19H,1-4,6,8-13,18H2. The van der Waals surface area contributed by atoms with E-state index in [0.29, 0.717) is 5.84 Å². The summed E-state index contributed by atoms with van der Waals surface area (Å²) in [6.45, 7) is 4.49. The first-order valence-corrected chi connectivity index (χ1v) is 8.44. The third-order valence-corrected chi connectivity index (χ3v) is 4.88. The molecular weight excluding hydrogens is 260 g/mol. The summed E-state index contributed by atoms with van der Waals surface area (Å²) in [5.41, 5.74) is 8.79. The molecule has 2 saturated heterocycles. The minimum Gasteiger partial charge on any atom is -0.332 e. The number of hydrogen-bond acceptors (Lipinski definition) is 3. The Bertz CT molecular complexity index is 444. The van der Waals surface area contributed by atoms with Gasteiger partial charge in [0.2, 0.25) is 0 Å². The van der Waals surface area contributed by atoms with Gasteiger partial charge in [0.25, 0.3) is 0 Å². The summed E-state index contributed by atoms with van der Waals surface area (Å²) >= 11 is 0. The monoisotopic (exact) mass is 288 g/mol. The number of allylic oxidation sites excluding steroid dienone is 3. The average molecular weight is 288 g/mol. The molecule has 116 valence electrons. The second-order valence-corrected chi connectivity index (χ2v) is 6.69. The van der Waals surface area contributed by atoms with E-state index in [9.17, 15) is 0 Å². The summed E-state index contributed by atoms with van der Waals surface area (Å²) < 4.78 is 0. The van der Waals surface area contributed by atoms with E-state index in [4.69, 9.17) is 11.1 Å². The van der Waals surface area contributed by atoms with E-state index in [1.54, 1.807) is 5.57 Å². The summed E-state index contributed by atoms with van der Waals surface area (Å²) in [6.07, 6.45) is 13.0. The van der Waals surface area contributed by atoms with Crippen LogP contribution in [-0.2, 0) is 0 Å². The molecule has 0 aromatic rings. The molecule has 0 aromatic heterocycles. The van der Waals surface area contributed by atoms with Crippen LogP contribution in [0.2, 0.25) is 0 Å². The Hall–Kier alpha value is -1.13. The Balaban J connectivity index is 1.58. The van der Waals surface area contributed by atoms with Crippen LogP contribution in [0.4, 0.5) is 0 Å². The highest BCUT2D eigenvalue weighted by molar-refractivity contribution is 5.83. The highest BCUT2D eigenvalue weighted by Gasteiger charge is 2.27. The lowest BCUT2D eigenvalue weighted by Gasteiger charge is -2.27. The lowest BCUT2D eigenvalue weighted by molar-refractivity contribution is 0.305. The smallest absolute Gasteiger partial charge is 0.102 e. The molecule has 1 aliphatic carbocycles. The maximum absolute atomic E-state index is 8.03. The topological polar surface area (TPSA) is 56.4 Å². The molecule has 1 unspecified atom stereocenters. The van der Waals surface area contributed by atoms with Gasteiger partial charge in [-0.1, -0.05) is 24.5 Å². The zero-order valence-corrected chi connectivity index (χ0v) is 13.0. The number of nitrogens with two attached hydrogens (primary N) is 1. The van der Waals surface area contributed by atoms with Gasteiger partial charge in [-0.25, -0.2) is 0 Å². The maximum Gasteiger partial charge on any atom is 0.102 e. The van der Waals surface area contributed by atoms with E-state index >= 15 is 0 Å². The highest BCUT2D eigenvalue weighted by Crippen LogP contribution is 2.26. The van der Waals surface area contributed by atoms with Crippen LogP contribution in [0.25, 0.3) is 0 Å². The van der Waals surface area contributed by atoms with E-state index in [-0.39, 0.29) is 6.04 Å². The first-order chi connectivity index (χ1) is 10.2. The number of nitrogens with zero attached hydrogens (tertiary/aromatic N) is 2. The Morgan fingerprint density at radius 1 is 1.10 bits per heavy atom. The Morgan fingerprint density at radius 3 is 2.43 bits per heavy atom. The van der Waals surface area contributed by atoms with E-state index in [1.165, 1.54) is 44.5 Å². The average Bonchev–Trinajstić information content (AvgIpc) is 2.67. The molecule has 3 rings (SSSR count). The molecule has 4 heteroatoms. The van der Waals surface area contributed by atoms with Gasteiger partial charge in [0, 0.05) is 31.2 Å². The van der Waals surface area contributed by atoms with Crippen LogP contribution in [0.1, 0.15) is 44.9 Å². The van der Waals surface area contributed by atoms with Gasteiger partial charge in [0.15, 0.2) is 0 Å². The number of amidine groups is 1. The quantitative estimate of drug-likeness (QED) is 0.839. The largest absolute Gasteiger partial charge is 0.332 e. The number of nitrogens with one attached hydrogen (secondary N) is 1. The predicted octanol–water partition coefficient (Wildman–Crippen LogP) is 2.48. The van der Waals surface area contributed by atoms with Gasteiger partial charge in [-0.2, -0.15) is 0 Å². The van der Waals surface area contributed by atoms with Crippen molar-refractivity contribution in [1.29, 1.82) is 5.41 Å². The lowest BCUT2D eigenvalue weighted by Crippen LogP contribution is -2.30. The zero-order chi connectivity index (χ0) is 14.7. The van der Waals surface area contributed by atoms with Crippen molar-refractivity contribution in [2.24, 2.45) is 5.73 Å². The molecule has 2 heterocycles. The normalized spacial score (nSPS) is 28.3. The minimum absolute atomic E-state index is 0.140. The Morgan fingerprint density at radius 2 is 1.86 bits per heavy atom. The van der Waals surface area contributed by atoms with Crippen molar-refractivity contribution in [2.45, 2.75) is 51.0 Å². The molecule has 0 amide bonds. The maximum atomic E-state index is 8.03. The number of hydrogen-bond donors (Lipinski definition) is 2. The van der Waals surface area contributed by atoms with Gasteiger partial charge >= 0.3 is 0 Å². The van der Waals surface area contributed by atoms with Crippen LogP contribution in [0.5, 0.6) is 0 Å². The van der Waals surface area contributed by atoms with Crippen LogP contribution < -0.4 is 5.73 Å². The lowest BCUT2D eigenvalue weighted by atomic mass is 10.0. The molecule has 2 fully saturated rings. The van der Waals surface area contributed by atoms with Crippen molar-refractivity contribution in [3.05, 3.63) is 23.4 Å². The molecule has 2 aliphatic heterocycles. The van der Waals surface area contributed by atoms with Crippen LogP contribution >= 0.6 is 0 Å². The van der Waals surface area contributed by atoms with Gasteiger partial charge in [-0.3, -0.25) is 10.3 Å². The molecule has 0 aromatic carbocycles. The van der Waals surface area contributed by atoms with E-state index in [0.717, 1.165) is 32.4 Å². The van der Waals surface area contributed by atoms with Crippen molar-refractivity contribution < 1.29 is 0 Å². The van der Waals surface area contributed by atoms with Crippen LogP contribution in [0.15, 0.2) is 23.4 Å². The van der Waals surface area contributed by atoms with Crippen molar-refractivity contribution in [1.82, 2.24) is 9.80 Å². The third kappa shape index (κ3) is 3.74. The minimum atomic E-state index is 0.140. The fourth-order valence-electron chi connectivity index (χ4n) is 3.67. The van der Waals surface area contributed by atoms with Gasteiger partial charge in [-0.15, -0.1) is 0 Å². The fraction of sp³-hybridized carbons (Fsp3) is 0.706. The second-order valence-electron chi connectivity index (χ2n) is 6.69. The highest BCUT2D eigenvalue weighted by atomic mass is 15.2. The molecule has 0 saturated carbocycles. The van der Waals surface area contributed by atoms with Gasteiger partial charge in [0.1, 0.15) is 5.84 Å². The molecule has 1 atom stereocenters. The van der Waals surface area contributed by atoms with E-state index in [1.807, 2.05) is 0 Å². The summed E-state index contributed by atoms with van der Waals surface area (Å²) in [5.74, 6) is 0.693. The molecule has 3 N–H and O–H groups in total. The molecule has 3 aliphatic rings. The Labute approximate surface area is 128 Å². The molecular formula is C17H28N4. The molecule has 21 heavy (non-hydrogen) atoms. The summed E-state index contributed by atoms with van der Waals surface area (Å²) in [6, 6.07) is 0.140. The second kappa shape index (κ2) is 6.75. The fourth-order valence-corrected chi connectivity index (χ4v) is 3.67. The van der Waals surface area contributed by atoms with Crippen molar-refractivity contribution in [3.63, 3.8) is 0 Å². The molecule has 4 nitrogen and oxygen atoms in total. The summed E-state index contributed by atoms with van der Waals surface area (Å²) in [5, 5.41) is 8.03. The SMILES string of the molecule is N=C1CC(N)CN1C1=CC=C(CN2CCCCCC2)CC1. The number of likely N-dealkylation sites (tertiary alicyclic amines) is 2. The van der Waals surface area contributed by atoms with Gasteiger partial charge in [0.05, 0.1) is 0 Å². The van der Waals surface area contributed by atoms with Crippen molar-refractivity contribution >= 4 is 5.84 Å². The zero-order valence-electron chi connectivity index (χ0n) is 13.0. The van der Waals surface area contributed by atoms with Crippen LogP contribution in [0.3, 0.4) is 0 Å². The first kappa shape index (κ1) is 14.8. The number of rotatable bonds is 3. The van der Waals surface area contributed by atoms with Gasteiger partial charge in [-0.05, 0) is 44.8 Å². The molecule has 0 bridgehead atoms. The molecule has 0 radical (unpaired) electrons. The Kier molecular flexibility index (Phi) is 4.76. The van der Waals surface area contributed by atoms with Crippen molar-refractivity contribution in [2.75, 3.05) is 26.2 Å². The summed E-state index contributed by atoms with van der Waals surface area (Å²) in [7, 11) is 0. The van der Waals surface area contributed by atoms with Crippen LogP contribution in [0, 0.1) is 5.41 Å². The molecule has 0 spiro atoms. The van der Waals surface area contributed by atoms with E-state index < -0.39 is 0 Å². The summed E-state index contributed by atoms with van der Waals surface area (Å²) in [4.78, 5) is 4.73. The predicted molar refractivity (Wildman–Crippen MR) is 87.3 cm³/mol. The van der Waals surface area contributed by atoms with Crippen LogP contribution in [-0.4, -0.2) is 47.9 Å². The van der Waals surface area contributed by atoms with E-state index in [2.05, 4.69) is 22.0 Å². The van der Waals surface area contributed by atoms with Crippen molar-refractivity contribution in [3.8, 4) is 0 Å². The third-order valence-electron chi connectivity index (χ3n) is 4.88.